The van der Waals surface area contributed by atoms with E-state index in [0.29, 0.717) is 0 Å². The number of likely N-dealkylation sites (N-methyl/N-ethyl adjacent to an activating group) is 1. The normalized spacial score (nSPS) is 19.2. The quantitative estimate of drug-likeness (QED) is 0.814. The summed E-state index contributed by atoms with van der Waals surface area (Å²) in [7, 11) is 2.03. The largest absolute Gasteiger partial charge is 0.376 e. The lowest BCUT2D eigenvalue weighted by atomic mass is 10.1. The average molecular weight is 292 g/mol. The Kier molecular flexibility index (Phi) is 4.03. The number of rotatable bonds is 3. The molecule has 1 atom stereocenters. The molecule has 1 saturated heterocycles. The fraction of sp³-hybridized carbons (Fsp3) is 0.467. The van der Waals surface area contributed by atoms with Gasteiger partial charge in [-0.1, -0.05) is 12.1 Å². The van der Waals surface area contributed by atoms with E-state index in [-0.39, 0.29) is 11.4 Å². The minimum Gasteiger partial charge on any atom is -0.376 e. The van der Waals surface area contributed by atoms with Crippen LogP contribution in [0, 0.1) is 0 Å². The van der Waals surface area contributed by atoms with Gasteiger partial charge in [-0.05, 0) is 43.0 Å². The van der Waals surface area contributed by atoms with Gasteiger partial charge >= 0.3 is 0 Å². The molecule has 1 unspecified atom stereocenters. The van der Waals surface area contributed by atoms with E-state index in [1.165, 1.54) is 12.8 Å². The minimum atomic E-state index is 0.279. The molecule has 1 aromatic carbocycles. The van der Waals surface area contributed by atoms with Gasteiger partial charge in [0.15, 0.2) is 0 Å². The lowest BCUT2D eigenvalue weighted by molar-refractivity contribution is 0.0215. The molecule has 0 spiro atoms. The molecule has 20 heavy (non-hydrogen) atoms. The summed E-state index contributed by atoms with van der Waals surface area (Å²) in [5.41, 5.74) is 0.874. The van der Waals surface area contributed by atoms with Crippen molar-refractivity contribution in [3.05, 3.63) is 29.5 Å². The number of anilines is 1. The average Bonchev–Trinajstić information content (AvgIpc) is 2.47. The van der Waals surface area contributed by atoms with Gasteiger partial charge in [0.1, 0.15) is 5.82 Å². The summed E-state index contributed by atoms with van der Waals surface area (Å²) in [5, 5.41) is 1.31. The fourth-order valence-corrected chi connectivity index (χ4v) is 2.84. The molecule has 1 fully saturated rings. The zero-order chi connectivity index (χ0) is 13.9. The molecule has 1 aromatic heterocycles. The molecule has 0 radical (unpaired) electrons. The Morgan fingerprint density at radius 1 is 1.30 bits per heavy atom. The second kappa shape index (κ2) is 5.94. The van der Waals surface area contributed by atoms with Gasteiger partial charge in [0.25, 0.3) is 0 Å². The number of hydrogen-bond donors (Lipinski definition) is 0. The van der Waals surface area contributed by atoms with Crippen LogP contribution >= 0.6 is 11.6 Å². The Morgan fingerprint density at radius 2 is 2.15 bits per heavy atom. The molecule has 0 saturated carbocycles. The molecule has 3 rings (SSSR count). The molecule has 0 bridgehead atoms. The molecule has 5 heteroatoms. The van der Waals surface area contributed by atoms with Gasteiger partial charge in [-0.15, -0.1) is 0 Å². The monoisotopic (exact) mass is 291 g/mol. The van der Waals surface area contributed by atoms with Crippen molar-refractivity contribution in [2.45, 2.75) is 25.4 Å². The number of benzene rings is 1. The van der Waals surface area contributed by atoms with Gasteiger partial charge in [0, 0.05) is 25.6 Å². The lowest BCUT2D eigenvalue weighted by Gasteiger charge is -2.28. The molecule has 1 aliphatic rings. The summed E-state index contributed by atoms with van der Waals surface area (Å²) in [6.45, 7) is 1.70. The zero-order valence-electron chi connectivity index (χ0n) is 11.6. The second-order valence-corrected chi connectivity index (χ2v) is 5.54. The Hall–Kier alpha value is -1.39. The van der Waals surface area contributed by atoms with Gasteiger partial charge in [-0.25, -0.2) is 4.98 Å². The van der Waals surface area contributed by atoms with E-state index in [0.717, 1.165) is 36.3 Å². The summed E-state index contributed by atoms with van der Waals surface area (Å²) in [4.78, 5) is 10.8. The number of ether oxygens (including phenoxy) is 1. The summed E-state index contributed by atoms with van der Waals surface area (Å²) in [6.07, 6.45) is 3.80. The zero-order valence-corrected chi connectivity index (χ0v) is 12.3. The van der Waals surface area contributed by atoms with E-state index in [1.54, 1.807) is 0 Å². The SMILES string of the molecule is CN(CC1CCCCO1)c1nc(Cl)nc2ccccc12. The maximum absolute atomic E-state index is 6.03. The predicted octanol–water partition coefficient (Wildman–Crippen LogP) is 3.29. The molecule has 0 aliphatic carbocycles. The van der Waals surface area contributed by atoms with Gasteiger partial charge in [-0.3, -0.25) is 0 Å². The van der Waals surface area contributed by atoms with Crippen molar-refractivity contribution in [3.63, 3.8) is 0 Å². The standard InChI is InChI=1S/C15H18ClN3O/c1-19(10-11-6-4-5-9-20-11)14-12-7-2-3-8-13(12)17-15(16)18-14/h2-3,7-8,11H,4-6,9-10H2,1H3. The molecule has 2 aromatic rings. The van der Waals surface area contributed by atoms with Crippen molar-refractivity contribution in [1.29, 1.82) is 0 Å². The van der Waals surface area contributed by atoms with Crippen molar-refractivity contribution in [3.8, 4) is 0 Å². The van der Waals surface area contributed by atoms with Gasteiger partial charge in [-0.2, -0.15) is 4.98 Å². The summed E-state index contributed by atoms with van der Waals surface area (Å²) in [5.74, 6) is 0.870. The van der Waals surface area contributed by atoms with E-state index < -0.39 is 0 Å². The van der Waals surface area contributed by atoms with Crippen LogP contribution in [0.25, 0.3) is 10.9 Å². The van der Waals surface area contributed by atoms with E-state index in [2.05, 4.69) is 14.9 Å². The maximum Gasteiger partial charge on any atom is 0.224 e. The summed E-state index contributed by atoms with van der Waals surface area (Å²) in [6, 6.07) is 7.93. The van der Waals surface area contributed by atoms with Crippen LogP contribution in [-0.2, 0) is 4.74 Å². The van der Waals surface area contributed by atoms with E-state index >= 15 is 0 Å². The Morgan fingerprint density at radius 3 is 2.95 bits per heavy atom. The van der Waals surface area contributed by atoms with Crippen LogP contribution in [0.3, 0.4) is 0 Å². The number of aromatic nitrogens is 2. The first-order valence-electron chi connectivity index (χ1n) is 6.99. The molecular formula is C15H18ClN3O. The summed E-state index contributed by atoms with van der Waals surface area (Å²) < 4.78 is 5.79. The van der Waals surface area contributed by atoms with Crippen molar-refractivity contribution in [2.24, 2.45) is 0 Å². The molecular weight excluding hydrogens is 274 g/mol. The Balaban J connectivity index is 1.88. The number of halogens is 1. The third-order valence-electron chi connectivity index (χ3n) is 3.67. The third-order valence-corrected chi connectivity index (χ3v) is 3.84. The van der Waals surface area contributed by atoms with Crippen LogP contribution in [0.5, 0.6) is 0 Å². The van der Waals surface area contributed by atoms with Gasteiger partial charge in [0.05, 0.1) is 11.6 Å². The first-order chi connectivity index (χ1) is 9.74. The molecule has 1 aliphatic heterocycles. The Labute approximate surface area is 123 Å². The maximum atomic E-state index is 6.03. The van der Waals surface area contributed by atoms with Gasteiger partial charge < -0.3 is 9.64 Å². The first kappa shape index (κ1) is 13.6. The van der Waals surface area contributed by atoms with Crippen LogP contribution in [0.1, 0.15) is 19.3 Å². The number of fused-ring (bicyclic) bond motifs is 1. The molecule has 2 heterocycles. The topological polar surface area (TPSA) is 38.2 Å². The van der Waals surface area contributed by atoms with E-state index in [1.807, 2.05) is 31.3 Å². The fourth-order valence-electron chi connectivity index (χ4n) is 2.67. The highest BCUT2D eigenvalue weighted by atomic mass is 35.5. The molecule has 0 N–H and O–H groups in total. The van der Waals surface area contributed by atoms with Crippen molar-refractivity contribution in [2.75, 3.05) is 25.1 Å². The van der Waals surface area contributed by atoms with Crippen LogP contribution in [0.4, 0.5) is 5.82 Å². The minimum absolute atomic E-state index is 0.279. The van der Waals surface area contributed by atoms with Crippen LogP contribution in [0.15, 0.2) is 24.3 Å². The van der Waals surface area contributed by atoms with E-state index in [4.69, 9.17) is 16.3 Å². The van der Waals surface area contributed by atoms with E-state index in [9.17, 15) is 0 Å². The van der Waals surface area contributed by atoms with Crippen molar-refractivity contribution < 1.29 is 4.74 Å². The van der Waals surface area contributed by atoms with Crippen LogP contribution in [-0.4, -0.2) is 36.3 Å². The van der Waals surface area contributed by atoms with Crippen LogP contribution < -0.4 is 4.90 Å². The van der Waals surface area contributed by atoms with Crippen molar-refractivity contribution >= 4 is 28.3 Å². The lowest BCUT2D eigenvalue weighted by Crippen LogP contribution is -2.33. The summed E-state index contributed by atoms with van der Waals surface area (Å²) >= 11 is 6.03. The van der Waals surface area contributed by atoms with Gasteiger partial charge in [0.2, 0.25) is 5.28 Å². The number of nitrogens with zero attached hydrogens (tertiary/aromatic N) is 3. The first-order valence-corrected chi connectivity index (χ1v) is 7.37. The molecule has 106 valence electrons. The van der Waals surface area contributed by atoms with Crippen LogP contribution in [0.2, 0.25) is 5.28 Å². The second-order valence-electron chi connectivity index (χ2n) is 5.20. The molecule has 4 nitrogen and oxygen atoms in total. The smallest absolute Gasteiger partial charge is 0.224 e. The molecule has 0 amide bonds. The predicted molar refractivity (Wildman–Crippen MR) is 81.4 cm³/mol. The van der Waals surface area contributed by atoms with Crippen molar-refractivity contribution in [1.82, 2.24) is 9.97 Å². The Bertz CT molecular complexity index is 599. The highest BCUT2D eigenvalue weighted by Crippen LogP contribution is 2.25. The highest BCUT2D eigenvalue weighted by molar-refractivity contribution is 6.28. The highest BCUT2D eigenvalue weighted by Gasteiger charge is 2.18. The number of para-hydroxylation sites is 1. The number of hydrogen-bond acceptors (Lipinski definition) is 4. The third kappa shape index (κ3) is 2.86.